The number of hydrogen-bond donors (Lipinski definition) is 1. The number of nitrogens with zero attached hydrogens (tertiary/aromatic N) is 1. The minimum atomic E-state index is -0.459. The largest absolute Gasteiger partial charge is 0.484 e. The molecule has 2 aromatic heterocycles. The summed E-state index contributed by atoms with van der Waals surface area (Å²) in [6.45, 7) is 1.92. The summed E-state index contributed by atoms with van der Waals surface area (Å²) in [6.07, 6.45) is 1.62. The SMILES string of the molecule is CC1=Cc2cc3[nH]c(=O)oc3cc2C(c2ccc3ccccc3n2)O1. The Hall–Kier alpha value is -3.34. The van der Waals surface area contributed by atoms with Crippen LogP contribution in [0, 0.1) is 0 Å². The van der Waals surface area contributed by atoms with Crippen molar-refractivity contribution < 1.29 is 9.15 Å². The molecule has 0 amide bonds. The smallest absolute Gasteiger partial charge is 0.417 e. The fourth-order valence-corrected chi connectivity index (χ4v) is 3.33. The third kappa shape index (κ3) is 2.24. The Balaban J connectivity index is 1.72. The summed E-state index contributed by atoms with van der Waals surface area (Å²) in [5.41, 5.74) is 4.87. The van der Waals surface area contributed by atoms with E-state index in [2.05, 4.69) is 4.98 Å². The number of benzene rings is 2. The van der Waals surface area contributed by atoms with E-state index in [1.54, 1.807) is 0 Å². The third-order valence-electron chi connectivity index (χ3n) is 4.46. The molecule has 4 aromatic rings. The average Bonchev–Trinajstić information content (AvgIpc) is 2.97. The number of nitrogens with one attached hydrogen (secondary N) is 1. The van der Waals surface area contributed by atoms with Crippen LogP contribution in [-0.4, -0.2) is 9.97 Å². The quantitative estimate of drug-likeness (QED) is 0.569. The maximum Gasteiger partial charge on any atom is 0.417 e. The van der Waals surface area contributed by atoms with E-state index in [0.717, 1.165) is 33.5 Å². The molecule has 0 saturated carbocycles. The molecular formula is C20H14N2O3. The predicted molar refractivity (Wildman–Crippen MR) is 95.2 cm³/mol. The molecule has 1 aliphatic heterocycles. The van der Waals surface area contributed by atoms with Gasteiger partial charge in [-0.15, -0.1) is 0 Å². The van der Waals surface area contributed by atoms with Crippen molar-refractivity contribution in [3.63, 3.8) is 0 Å². The van der Waals surface area contributed by atoms with Crippen LogP contribution in [0.2, 0.25) is 0 Å². The first-order chi connectivity index (χ1) is 12.2. The lowest BCUT2D eigenvalue weighted by molar-refractivity contribution is 0.146. The zero-order chi connectivity index (χ0) is 17.0. The first kappa shape index (κ1) is 14.0. The summed E-state index contributed by atoms with van der Waals surface area (Å²) in [5, 5.41) is 1.08. The lowest BCUT2D eigenvalue weighted by Crippen LogP contribution is -2.12. The molecule has 3 heterocycles. The van der Waals surface area contributed by atoms with Crippen molar-refractivity contribution in [1.29, 1.82) is 0 Å². The first-order valence-electron chi connectivity index (χ1n) is 8.05. The Morgan fingerprint density at radius 3 is 2.92 bits per heavy atom. The molecule has 1 aliphatic rings. The normalized spacial score (nSPS) is 16.5. The highest BCUT2D eigenvalue weighted by Crippen LogP contribution is 2.37. The Kier molecular flexibility index (Phi) is 2.85. The maximum absolute atomic E-state index is 11.5. The molecule has 2 aromatic carbocycles. The van der Waals surface area contributed by atoms with E-state index in [-0.39, 0.29) is 6.10 Å². The molecule has 5 rings (SSSR count). The summed E-state index contributed by atoms with van der Waals surface area (Å²) >= 11 is 0. The second-order valence-corrected chi connectivity index (χ2v) is 6.17. The molecule has 0 bridgehead atoms. The van der Waals surface area contributed by atoms with Crippen LogP contribution < -0.4 is 5.76 Å². The van der Waals surface area contributed by atoms with Gasteiger partial charge in [-0.1, -0.05) is 24.3 Å². The van der Waals surface area contributed by atoms with Crippen molar-refractivity contribution in [2.75, 3.05) is 0 Å². The number of para-hydroxylation sites is 1. The van der Waals surface area contributed by atoms with Gasteiger partial charge in [-0.25, -0.2) is 9.78 Å². The first-order valence-corrected chi connectivity index (χ1v) is 8.05. The van der Waals surface area contributed by atoms with E-state index in [1.165, 1.54) is 0 Å². The number of hydrogen-bond acceptors (Lipinski definition) is 4. The monoisotopic (exact) mass is 330 g/mol. The van der Waals surface area contributed by atoms with E-state index < -0.39 is 5.76 Å². The van der Waals surface area contributed by atoms with Gasteiger partial charge >= 0.3 is 5.76 Å². The average molecular weight is 330 g/mol. The number of H-pyrrole nitrogens is 1. The van der Waals surface area contributed by atoms with E-state index in [1.807, 2.05) is 61.5 Å². The molecule has 122 valence electrons. The van der Waals surface area contributed by atoms with Crippen molar-refractivity contribution in [3.05, 3.63) is 81.7 Å². The summed E-state index contributed by atoms with van der Waals surface area (Å²) < 4.78 is 11.3. The number of rotatable bonds is 1. The van der Waals surface area contributed by atoms with Crippen molar-refractivity contribution in [2.45, 2.75) is 13.0 Å². The molecule has 0 spiro atoms. The molecule has 0 saturated heterocycles. The van der Waals surface area contributed by atoms with Gasteiger partial charge in [-0.05, 0) is 42.8 Å². The van der Waals surface area contributed by atoms with Crippen LogP contribution in [-0.2, 0) is 4.74 Å². The highest BCUT2D eigenvalue weighted by atomic mass is 16.5. The molecule has 5 heteroatoms. The van der Waals surface area contributed by atoms with Crippen LogP contribution in [0.5, 0.6) is 0 Å². The second kappa shape index (κ2) is 5.08. The van der Waals surface area contributed by atoms with Gasteiger partial charge in [-0.2, -0.15) is 0 Å². The highest BCUT2D eigenvalue weighted by molar-refractivity contribution is 5.80. The number of aromatic nitrogens is 2. The van der Waals surface area contributed by atoms with Crippen molar-refractivity contribution in [1.82, 2.24) is 9.97 Å². The molecule has 1 N–H and O–H groups in total. The summed E-state index contributed by atoms with van der Waals surface area (Å²) in [6, 6.07) is 15.8. The van der Waals surface area contributed by atoms with Crippen molar-refractivity contribution >= 4 is 28.1 Å². The maximum atomic E-state index is 11.5. The number of allylic oxidation sites excluding steroid dienone is 1. The fourth-order valence-electron chi connectivity index (χ4n) is 3.33. The van der Waals surface area contributed by atoms with Crippen LogP contribution in [0.3, 0.4) is 0 Å². The van der Waals surface area contributed by atoms with Crippen molar-refractivity contribution in [2.24, 2.45) is 0 Å². The molecule has 25 heavy (non-hydrogen) atoms. The Labute approximate surface area is 142 Å². The molecule has 5 nitrogen and oxygen atoms in total. The molecular weight excluding hydrogens is 316 g/mol. The van der Waals surface area contributed by atoms with Crippen LogP contribution in [0.15, 0.2) is 63.5 Å². The third-order valence-corrected chi connectivity index (χ3v) is 4.46. The number of fused-ring (bicyclic) bond motifs is 3. The summed E-state index contributed by atoms with van der Waals surface area (Å²) in [4.78, 5) is 18.9. The van der Waals surface area contributed by atoms with Gasteiger partial charge in [0.15, 0.2) is 11.7 Å². The lowest BCUT2D eigenvalue weighted by atomic mass is 9.96. The number of oxazole rings is 1. The summed E-state index contributed by atoms with van der Waals surface area (Å²) in [7, 11) is 0. The van der Waals surface area contributed by atoms with Crippen LogP contribution in [0.1, 0.15) is 29.8 Å². The molecule has 1 atom stereocenters. The van der Waals surface area contributed by atoms with Crippen LogP contribution in [0.25, 0.3) is 28.1 Å². The number of pyridine rings is 1. The van der Waals surface area contributed by atoms with Gasteiger partial charge in [0.25, 0.3) is 0 Å². The minimum absolute atomic E-state index is 0.339. The number of aromatic amines is 1. The zero-order valence-corrected chi connectivity index (χ0v) is 13.4. The van der Waals surface area contributed by atoms with E-state index >= 15 is 0 Å². The number of ether oxygens (including phenoxy) is 1. The Morgan fingerprint density at radius 2 is 2.00 bits per heavy atom. The minimum Gasteiger partial charge on any atom is -0.484 e. The van der Waals surface area contributed by atoms with Crippen LogP contribution in [0.4, 0.5) is 0 Å². The molecule has 0 radical (unpaired) electrons. The Morgan fingerprint density at radius 1 is 1.12 bits per heavy atom. The van der Waals surface area contributed by atoms with Gasteiger partial charge in [0.05, 0.1) is 22.5 Å². The molecule has 0 fully saturated rings. The topological polar surface area (TPSA) is 68.1 Å². The van der Waals surface area contributed by atoms with E-state index in [4.69, 9.17) is 14.1 Å². The standard InChI is InChI=1S/C20H14N2O3/c1-11-8-13-9-17-18(25-20(23)22-17)10-14(13)19(24-11)16-7-6-12-4-2-3-5-15(12)21-16/h2-10,19H,1H3,(H,22,23). The van der Waals surface area contributed by atoms with E-state index in [9.17, 15) is 4.79 Å². The van der Waals surface area contributed by atoms with Gasteiger partial charge in [-0.3, -0.25) is 4.98 Å². The predicted octanol–water partition coefficient (Wildman–Crippen LogP) is 4.15. The zero-order valence-electron chi connectivity index (χ0n) is 13.4. The van der Waals surface area contributed by atoms with Crippen molar-refractivity contribution in [3.8, 4) is 0 Å². The molecule has 1 unspecified atom stereocenters. The van der Waals surface area contributed by atoms with Gasteiger partial charge < -0.3 is 9.15 Å². The fraction of sp³-hybridized carbons (Fsp3) is 0.100. The lowest BCUT2D eigenvalue weighted by Gasteiger charge is -2.25. The molecule has 0 aliphatic carbocycles. The van der Waals surface area contributed by atoms with Gasteiger partial charge in [0, 0.05) is 10.9 Å². The van der Waals surface area contributed by atoms with Gasteiger partial charge in [0.1, 0.15) is 0 Å². The van der Waals surface area contributed by atoms with E-state index in [0.29, 0.717) is 11.1 Å². The van der Waals surface area contributed by atoms with Gasteiger partial charge in [0.2, 0.25) is 0 Å². The van der Waals surface area contributed by atoms with Crippen LogP contribution >= 0.6 is 0 Å². The highest BCUT2D eigenvalue weighted by Gasteiger charge is 2.25. The second-order valence-electron chi connectivity index (χ2n) is 6.17. The Bertz CT molecular complexity index is 1220. The summed E-state index contributed by atoms with van der Waals surface area (Å²) in [5.74, 6) is 0.344.